The molecule has 1 aromatic carbocycles. The SMILES string of the molecule is Cn1cc(-c2ccccc2F)cc1C#N. The summed E-state index contributed by atoms with van der Waals surface area (Å²) in [5, 5.41) is 8.78. The first-order valence-electron chi connectivity index (χ1n) is 4.53. The molecule has 1 heterocycles. The summed E-state index contributed by atoms with van der Waals surface area (Å²) in [6.45, 7) is 0. The lowest BCUT2D eigenvalue weighted by molar-refractivity contribution is 0.631. The highest BCUT2D eigenvalue weighted by Crippen LogP contribution is 2.23. The Labute approximate surface area is 87.2 Å². The van der Waals surface area contributed by atoms with Gasteiger partial charge in [-0.3, -0.25) is 0 Å². The molecule has 15 heavy (non-hydrogen) atoms. The quantitative estimate of drug-likeness (QED) is 0.695. The van der Waals surface area contributed by atoms with Crippen LogP contribution in [0.1, 0.15) is 5.69 Å². The van der Waals surface area contributed by atoms with E-state index in [-0.39, 0.29) is 5.82 Å². The van der Waals surface area contributed by atoms with Gasteiger partial charge in [-0.25, -0.2) is 4.39 Å². The smallest absolute Gasteiger partial charge is 0.131 e. The molecule has 0 N–H and O–H groups in total. The predicted octanol–water partition coefficient (Wildman–Crippen LogP) is 2.70. The Morgan fingerprint density at radius 3 is 2.67 bits per heavy atom. The van der Waals surface area contributed by atoms with Gasteiger partial charge in [0.25, 0.3) is 0 Å². The Balaban J connectivity index is 2.56. The molecule has 1 aromatic heterocycles. The molecule has 0 radical (unpaired) electrons. The van der Waals surface area contributed by atoms with E-state index in [4.69, 9.17) is 5.26 Å². The number of benzene rings is 1. The van der Waals surface area contributed by atoms with Crippen molar-refractivity contribution in [1.29, 1.82) is 5.26 Å². The third-order valence-electron chi connectivity index (χ3n) is 2.30. The highest BCUT2D eigenvalue weighted by atomic mass is 19.1. The van der Waals surface area contributed by atoms with Crippen molar-refractivity contribution in [2.75, 3.05) is 0 Å². The number of halogens is 1. The van der Waals surface area contributed by atoms with Gasteiger partial charge in [0.1, 0.15) is 17.6 Å². The van der Waals surface area contributed by atoms with Crippen LogP contribution in [-0.2, 0) is 7.05 Å². The van der Waals surface area contributed by atoms with Crippen LogP contribution in [0.25, 0.3) is 11.1 Å². The van der Waals surface area contributed by atoms with Crippen molar-refractivity contribution in [2.24, 2.45) is 7.05 Å². The maximum Gasteiger partial charge on any atom is 0.131 e. The van der Waals surface area contributed by atoms with E-state index in [1.165, 1.54) is 6.07 Å². The van der Waals surface area contributed by atoms with Crippen LogP contribution in [-0.4, -0.2) is 4.57 Å². The van der Waals surface area contributed by atoms with Crippen LogP contribution < -0.4 is 0 Å². The average Bonchev–Trinajstić information content (AvgIpc) is 2.60. The van der Waals surface area contributed by atoms with Gasteiger partial charge in [0.05, 0.1) is 0 Å². The molecule has 0 aliphatic carbocycles. The molecule has 0 unspecified atom stereocenters. The minimum atomic E-state index is -0.271. The Morgan fingerprint density at radius 1 is 1.33 bits per heavy atom. The summed E-state index contributed by atoms with van der Waals surface area (Å²) in [7, 11) is 1.77. The van der Waals surface area contributed by atoms with Crippen molar-refractivity contribution in [1.82, 2.24) is 4.57 Å². The number of rotatable bonds is 1. The lowest BCUT2D eigenvalue weighted by Crippen LogP contribution is -1.87. The van der Waals surface area contributed by atoms with Crippen LogP contribution >= 0.6 is 0 Å². The van der Waals surface area contributed by atoms with Crippen molar-refractivity contribution < 1.29 is 4.39 Å². The van der Waals surface area contributed by atoms with Gasteiger partial charge >= 0.3 is 0 Å². The second kappa shape index (κ2) is 3.58. The van der Waals surface area contributed by atoms with E-state index in [1.807, 2.05) is 6.07 Å². The molecule has 2 rings (SSSR count). The van der Waals surface area contributed by atoms with E-state index in [0.717, 1.165) is 5.56 Å². The number of hydrogen-bond donors (Lipinski definition) is 0. The molecular weight excluding hydrogens is 191 g/mol. The zero-order chi connectivity index (χ0) is 10.8. The van der Waals surface area contributed by atoms with Crippen LogP contribution in [0.2, 0.25) is 0 Å². The first-order chi connectivity index (χ1) is 7.22. The van der Waals surface area contributed by atoms with E-state index in [1.54, 1.807) is 42.1 Å². The zero-order valence-corrected chi connectivity index (χ0v) is 8.24. The van der Waals surface area contributed by atoms with Crippen LogP contribution in [0.4, 0.5) is 4.39 Å². The fourth-order valence-corrected chi connectivity index (χ4v) is 1.52. The van der Waals surface area contributed by atoms with Gasteiger partial charge in [0.15, 0.2) is 0 Å². The van der Waals surface area contributed by atoms with Gasteiger partial charge in [-0.15, -0.1) is 0 Å². The highest BCUT2D eigenvalue weighted by molar-refractivity contribution is 5.65. The topological polar surface area (TPSA) is 28.7 Å². The fraction of sp³-hybridized carbons (Fsp3) is 0.0833. The van der Waals surface area contributed by atoms with E-state index >= 15 is 0 Å². The van der Waals surface area contributed by atoms with Crippen LogP contribution in [0.15, 0.2) is 36.5 Å². The first kappa shape index (κ1) is 9.47. The lowest BCUT2D eigenvalue weighted by atomic mass is 10.1. The molecule has 0 atom stereocenters. The van der Waals surface area contributed by atoms with Crippen molar-refractivity contribution in [2.45, 2.75) is 0 Å². The molecule has 2 nitrogen and oxygen atoms in total. The molecule has 0 aliphatic rings. The van der Waals surface area contributed by atoms with Crippen LogP contribution in [0.3, 0.4) is 0 Å². The van der Waals surface area contributed by atoms with Gasteiger partial charge in [-0.1, -0.05) is 18.2 Å². The molecule has 74 valence electrons. The summed E-state index contributed by atoms with van der Waals surface area (Å²) in [6.07, 6.45) is 1.75. The molecule has 0 aliphatic heterocycles. The van der Waals surface area contributed by atoms with E-state index in [0.29, 0.717) is 11.3 Å². The summed E-state index contributed by atoms with van der Waals surface area (Å²) < 4.78 is 15.1. The van der Waals surface area contributed by atoms with Crippen LogP contribution in [0, 0.1) is 17.1 Å². The fourth-order valence-electron chi connectivity index (χ4n) is 1.52. The summed E-state index contributed by atoms with van der Waals surface area (Å²) in [4.78, 5) is 0. The minimum absolute atomic E-state index is 0.271. The monoisotopic (exact) mass is 200 g/mol. The number of aromatic nitrogens is 1. The van der Waals surface area contributed by atoms with Crippen LogP contribution in [0.5, 0.6) is 0 Å². The Bertz CT molecular complexity index is 535. The molecule has 0 amide bonds. The Hall–Kier alpha value is -2.08. The summed E-state index contributed by atoms with van der Waals surface area (Å²) >= 11 is 0. The minimum Gasteiger partial charge on any atom is -0.342 e. The second-order valence-corrected chi connectivity index (χ2v) is 3.32. The number of nitrogens with zero attached hydrogens (tertiary/aromatic N) is 2. The number of aryl methyl sites for hydroxylation is 1. The predicted molar refractivity (Wildman–Crippen MR) is 55.5 cm³/mol. The number of nitriles is 1. The molecule has 0 fully saturated rings. The average molecular weight is 200 g/mol. The molecule has 2 aromatic rings. The summed E-state index contributed by atoms with van der Waals surface area (Å²) in [5.41, 5.74) is 1.77. The first-order valence-corrected chi connectivity index (χ1v) is 4.53. The number of hydrogen-bond acceptors (Lipinski definition) is 1. The van der Waals surface area contributed by atoms with E-state index in [2.05, 4.69) is 0 Å². The molecule has 3 heteroatoms. The van der Waals surface area contributed by atoms with Gasteiger partial charge in [-0.2, -0.15) is 5.26 Å². The largest absolute Gasteiger partial charge is 0.342 e. The maximum absolute atomic E-state index is 13.4. The third kappa shape index (κ3) is 1.62. The molecule has 0 spiro atoms. The van der Waals surface area contributed by atoms with E-state index < -0.39 is 0 Å². The van der Waals surface area contributed by atoms with Crippen molar-refractivity contribution in [3.05, 3.63) is 48.0 Å². The van der Waals surface area contributed by atoms with Gasteiger partial charge < -0.3 is 4.57 Å². The van der Waals surface area contributed by atoms with Gasteiger partial charge in [0, 0.05) is 24.4 Å². The Morgan fingerprint density at radius 2 is 2.07 bits per heavy atom. The Kier molecular flexibility index (Phi) is 2.26. The van der Waals surface area contributed by atoms with Crippen molar-refractivity contribution >= 4 is 0 Å². The lowest BCUT2D eigenvalue weighted by Gasteiger charge is -1.98. The van der Waals surface area contributed by atoms with Gasteiger partial charge in [0.2, 0.25) is 0 Å². The third-order valence-corrected chi connectivity index (χ3v) is 2.30. The second-order valence-electron chi connectivity index (χ2n) is 3.32. The normalized spacial score (nSPS) is 9.93. The molecule has 0 saturated carbocycles. The standard InChI is InChI=1S/C12H9FN2/c1-15-8-9(6-10(15)7-14)11-4-2-3-5-12(11)13/h2-6,8H,1H3. The molecular formula is C12H9FN2. The van der Waals surface area contributed by atoms with Crippen molar-refractivity contribution in [3.8, 4) is 17.2 Å². The van der Waals surface area contributed by atoms with Crippen molar-refractivity contribution in [3.63, 3.8) is 0 Å². The molecule has 0 bridgehead atoms. The van der Waals surface area contributed by atoms with E-state index in [9.17, 15) is 4.39 Å². The highest BCUT2D eigenvalue weighted by Gasteiger charge is 2.07. The molecule has 0 saturated heterocycles. The maximum atomic E-state index is 13.4. The zero-order valence-electron chi connectivity index (χ0n) is 8.24. The summed E-state index contributed by atoms with van der Waals surface area (Å²) in [5.74, 6) is -0.271. The summed E-state index contributed by atoms with van der Waals surface area (Å²) in [6, 6.07) is 10.3. The van der Waals surface area contributed by atoms with Gasteiger partial charge in [-0.05, 0) is 12.1 Å².